The Labute approximate surface area is 163 Å². The van der Waals surface area contributed by atoms with E-state index in [1.807, 2.05) is 0 Å². The lowest BCUT2D eigenvalue weighted by Gasteiger charge is -2.30. The van der Waals surface area contributed by atoms with Crippen molar-refractivity contribution in [3.63, 3.8) is 0 Å². The third kappa shape index (κ3) is 3.17. The molecule has 0 radical (unpaired) electrons. The molecule has 0 bridgehead atoms. The molecule has 1 N–H and O–H groups in total. The molecule has 28 heavy (non-hydrogen) atoms. The molecule has 1 fully saturated rings. The van der Waals surface area contributed by atoms with E-state index in [2.05, 4.69) is 5.32 Å². The summed E-state index contributed by atoms with van der Waals surface area (Å²) in [6.45, 7) is 0.608. The molecule has 0 atom stereocenters. The van der Waals surface area contributed by atoms with Gasteiger partial charge in [-0.2, -0.15) is 4.31 Å². The first-order valence-corrected chi connectivity index (χ1v) is 11.7. The highest BCUT2D eigenvalue weighted by Crippen LogP contribution is 2.33. The molecule has 1 amide bonds. The maximum atomic E-state index is 13.1. The van der Waals surface area contributed by atoms with Gasteiger partial charge in [-0.3, -0.25) is 9.10 Å². The average molecular weight is 422 g/mol. The number of rotatable bonds is 4. The summed E-state index contributed by atoms with van der Waals surface area (Å²) in [5, 5.41) is 2.64. The van der Waals surface area contributed by atoms with Crippen molar-refractivity contribution in [1.29, 1.82) is 0 Å². The Balaban J connectivity index is 1.68. The molecule has 2 aliphatic rings. The topological polar surface area (TPSA) is 104 Å². The fraction of sp³-hybridized carbons (Fsp3) is 0.278. The minimum absolute atomic E-state index is 0.0603. The summed E-state index contributed by atoms with van der Waals surface area (Å²) in [6, 6.07) is 11.8. The van der Waals surface area contributed by atoms with E-state index in [4.69, 9.17) is 0 Å². The predicted octanol–water partition coefficient (Wildman–Crippen LogP) is 1.62. The second-order valence-electron chi connectivity index (χ2n) is 6.66. The number of hydrogen-bond acceptors (Lipinski definition) is 5. The van der Waals surface area contributed by atoms with Gasteiger partial charge >= 0.3 is 0 Å². The number of carbonyl (C=O) groups excluding carboxylic acids is 1. The van der Waals surface area contributed by atoms with Gasteiger partial charge in [0.2, 0.25) is 15.9 Å². The van der Waals surface area contributed by atoms with Gasteiger partial charge in [-0.1, -0.05) is 12.1 Å². The van der Waals surface area contributed by atoms with Gasteiger partial charge < -0.3 is 5.32 Å². The molecule has 2 heterocycles. The molecule has 2 aliphatic heterocycles. The molecule has 4 rings (SSSR count). The second-order valence-corrected chi connectivity index (χ2v) is 10.5. The molecule has 148 valence electrons. The third-order valence-electron chi connectivity index (χ3n) is 4.85. The van der Waals surface area contributed by atoms with Crippen molar-refractivity contribution in [2.75, 3.05) is 29.3 Å². The van der Waals surface area contributed by atoms with Crippen LogP contribution >= 0.6 is 0 Å². The SMILES string of the molecule is O=C1CN(S(=O)(=O)c2ccc(S(=O)(=O)N3CCCC3)cc2)c2ccccc2N1. The molecule has 0 saturated carbocycles. The summed E-state index contributed by atoms with van der Waals surface area (Å²) in [4.78, 5) is 11.9. The number of sulfonamides is 2. The Hall–Kier alpha value is -2.43. The number of para-hydroxylation sites is 2. The quantitative estimate of drug-likeness (QED) is 0.808. The first-order chi connectivity index (χ1) is 13.3. The maximum absolute atomic E-state index is 13.1. The highest BCUT2D eigenvalue weighted by molar-refractivity contribution is 7.93. The van der Waals surface area contributed by atoms with Gasteiger partial charge in [-0.15, -0.1) is 0 Å². The van der Waals surface area contributed by atoms with Crippen LogP contribution in [-0.2, 0) is 24.8 Å². The lowest BCUT2D eigenvalue weighted by atomic mass is 10.2. The second kappa shape index (κ2) is 6.87. The molecule has 0 unspecified atom stereocenters. The minimum atomic E-state index is -4.03. The predicted molar refractivity (Wildman–Crippen MR) is 104 cm³/mol. The monoisotopic (exact) mass is 421 g/mol. The zero-order valence-corrected chi connectivity index (χ0v) is 16.5. The van der Waals surface area contributed by atoms with Crippen molar-refractivity contribution in [2.24, 2.45) is 0 Å². The van der Waals surface area contributed by atoms with Crippen LogP contribution in [0.1, 0.15) is 12.8 Å². The van der Waals surface area contributed by atoms with Crippen LogP contribution in [0.5, 0.6) is 0 Å². The van der Waals surface area contributed by atoms with Gasteiger partial charge in [-0.05, 0) is 49.2 Å². The lowest BCUT2D eigenvalue weighted by molar-refractivity contribution is -0.115. The largest absolute Gasteiger partial charge is 0.323 e. The van der Waals surface area contributed by atoms with E-state index >= 15 is 0 Å². The van der Waals surface area contributed by atoms with Crippen LogP contribution in [0.3, 0.4) is 0 Å². The van der Waals surface area contributed by atoms with Crippen LogP contribution in [0.25, 0.3) is 0 Å². The van der Waals surface area contributed by atoms with Crippen LogP contribution < -0.4 is 9.62 Å². The zero-order valence-electron chi connectivity index (χ0n) is 14.9. The maximum Gasteiger partial charge on any atom is 0.264 e. The number of carbonyl (C=O) groups is 1. The molecule has 2 aromatic carbocycles. The van der Waals surface area contributed by atoms with Crippen LogP contribution in [0.15, 0.2) is 58.3 Å². The molecule has 1 saturated heterocycles. The van der Waals surface area contributed by atoms with Crippen molar-refractivity contribution < 1.29 is 21.6 Å². The van der Waals surface area contributed by atoms with Crippen LogP contribution in [0.4, 0.5) is 11.4 Å². The van der Waals surface area contributed by atoms with Crippen molar-refractivity contribution in [2.45, 2.75) is 22.6 Å². The van der Waals surface area contributed by atoms with Gasteiger partial charge in [0, 0.05) is 13.1 Å². The zero-order chi connectivity index (χ0) is 19.9. The third-order valence-corrected chi connectivity index (χ3v) is 8.54. The van der Waals surface area contributed by atoms with E-state index in [-0.39, 0.29) is 16.3 Å². The fourth-order valence-corrected chi connectivity index (χ4v) is 6.36. The summed E-state index contributed by atoms with van der Waals surface area (Å²) in [5.41, 5.74) is 0.784. The minimum Gasteiger partial charge on any atom is -0.323 e. The highest BCUT2D eigenvalue weighted by Gasteiger charge is 2.33. The van der Waals surface area contributed by atoms with Gasteiger partial charge in [0.15, 0.2) is 0 Å². The fourth-order valence-electron chi connectivity index (χ4n) is 3.40. The first-order valence-electron chi connectivity index (χ1n) is 8.82. The smallest absolute Gasteiger partial charge is 0.264 e. The van der Waals surface area contributed by atoms with Crippen LogP contribution in [0, 0.1) is 0 Å². The van der Waals surface area contributed by atoms with E-state index in [0.29, 0.717) is 24.5 Å². The Bertz CT molecular complexity index is 1120. The number of benzene rings is 2. The highest BCUT2D eigenvalue weighted by atomic mass is 32.2. The van der Waals surface area contributed by atoms with E-state index < -0.39 is 26.0 Å². The standard InChI is InChI=1S/C18H19N3O5S2/c22-18-13-21(17-6-2-1-5-16(17)19-18)28(25,26)15-9-7-14(8-10-15)27(23,24)20-11-3-4-12-20/h1-2,5-10H,3-4,11-13H2,(H,19,22). The van der Waals surface area contributed by atoms with Gasteiger partial charge in [0.25, 0.3) is 10.0 Å². The number of amides is 1. The molecular weight excluding hydrogens is 402 g/mol. The Morgan fingerprint density at radius 2 is 1.36 bits per heavy atom. The molecule has 10 heteroatoms. The Kier molecular flexibility index (Phi) is 4.64. The van der Waals surface area contributed by atoms with Crippen molar-refractivity contribution >= 4 is 37.3 Å². The number of nitrogens with one attached hydrogen (secondary N) is 1. The molecular formula is C18H19N3O5S2. The summed E-state index contributed by atoms with van der Waals surface area (Å²) in [7, 11) is -7.65. The summed E-state index contributed by atoms with van der Waals surface area (Å²) >= 11 is 0. The van der Waals surface area contributed by atoms with Crippen LogP contribution in [0.2, 0.25) is 0 Å². The van der Waals surface area contributed by atoms with E-state index in [9.17, 15) is 21.6 Å². The molecule has 8 nitrogen and oxygen atoms in total. The lowest BCUT2D eigenvalue weighted by Crippen LogP contribution is -2.42. The summed E-state index contributed by atoms with van der Waals surface area (Å²) in [6.07, 6.45) is 1.64. The Morgan fingerprint density at radius 3 is 2.00 bits per heavy atom. The average Bonchev–Trinajstić information content (AvgIpc) is 3.23. The van der Waals surface area contributed by atoms with Gasteiger partial charge in [0.1, 0.15) is 6.54 Å². The van der Waals surface area contributed by atoms with Crippen LogP contribution in [-0.4, -0.2) is 46.7 Å². The summed E-state index contributed by atoms with van der Waals surface area (Å²) < 4.78 is 53.9. The van der Waals surface area contributed by atoms with Gasteiger partial charge in [0.05, 0.1) is 21.2 Å². The van der Waals surface area contributed by atoms with E-state index in [0.717, 1.165) is 17.1 Å². The summed E-state index contributed by atoms with van der Waals surface area (Å²) in [5.74, 6) is -0.435. The number of anilines is 2. The number of fused-ring (bicyclic) bond motifs is 1. The van der Waals surface area contributed by atoms with Crippen molar-refractivity contribution in [3.8, 4) is 0 Å². The van der Waals surface area contributed by atoms with E-state index in [1.165, 1.54) is 28.6 Å². The number of nitrogens with zero attached hydrogens (tertiary/aromatic N) is 2. The first kappa shape index (κ1) is 18.9. The molecule has 0 aliphatic carbocycles. The Morgan fingerprint density at radius 1 is 0.786 bits per heavy atom. The normalized spacial score (nSPS) is 18.0. The van der Waals surface area contributed by atoms with Crippen molar-refractivity contribution in [3.05, 3.63) is 48.5 Å². The van der Waals surface area contributed by atoms with Crippen molar-refractivity contribution in [1.82, 2.24) is 4.31 Å². The molecule has 2 aromatic rings. The van der Waals surface area contributed by atoms with Gasteiger partial charge in [-0.25, -0.2) is 16.8 Å². The molecule has 0 aromatic heterocycles. The molecule has 0 spiro atoms. The number of hydrogen-bond donors (Lipinski definition) is 1. The van der Waals surface area contributed by atoms with E-state index in [1.54, 1.807) is 24.3 Å².